The Balaban J connectivity index is 1.91. The van der Waals surface area contributed by atoms with Crippen LogP contribution in [-0.4, -0.2) is 22.5 Å². The molecule has 5 nitrogen and oxygen atoms in total. The van der Waals surface area contributed by atoms with Gasteiger partial charge in [-0.25, -0.2) is 4.57 Å². The van der Waals surface area contributed by atoms with E-state index in [9.17, 15) is 9.90 Å². The Labute approximate surface area is 180 Å². The van der Waals surface area contributed by atoms with Crippen molar-refractivity contribution >= 4 is 22.7 Å². The summed E-state index contributed by atoms with van der Waals surface area (Å²) in [5, 5.41) is 12.3. The van der Waals surface area contributed by atoms with Crippen molar-refractivity contribution < 1.29 is 9.84 Å². The minimum absolute atomic E-state index is 0.148. The number of fused-ring (bicyclic) bond motifs is 1. The Morgan fingerprint density at radius 1 is 0.935 bits per heavy atom. The van der Waals surface area contributed by atoms with Crippen LogP contribution in [0, 0.1) is 0 Å². The van der Waals surface area contributed by atoms with Gasteiger partial charge in [0.1, 0.15) is 5.75 Å². The molecular formula is C26H24N2O3. The van der Waals surface area contributed by atoms with Crippen molar-refractivity contribution in [3.8, 4) is 17.3 Å². The Morgan fingerprint density at radius 3 is 2.32 bits per heavy atom. The van der Waals surface area contributed by atoms with E-state index < -0.39 is 0 Å². The maximum Gasteiger partial charge on any atom is 0.265 e. The summed E-state index contributed by atoms with van der Waals surface area (Å²) in [4.78, 5) is 17.9. The number of aryl methyl sites for hydroxylation is 1. The highest BCUT2D eigenvalue weighted by Crippen LogP contribution is 2.28. The second kappa shape index (κ2) is 8.88. The van der Waals surface area contributed by atoms with Crippen LogP contribution in [-0.2, 0) is 6.42 Å². The molecule has 0 radical (unpaired) electrons. The summed E-state index contributed by atoms with van der Waals surface area (Å²) in [7, 11) is 0. The lowest BCUT2D eigenvalue weighted by atomic mass is 10.1. The van der Waals surface area contributed by atoms with Crippen LogP contribution in [0.4, 0.5) is 5.69 Å². The number of aromatic nitrogens is 1. The van der Waals surface area contributed by atoms with Crippen LogP contribution in [0.3, 0.4) is 0 Å². The van der Waals surface area contributed by atoms with Crippen molar-refractivity contribution in [2.24, 2.45) is 4.99 Å². The molecule has 1 aromatic heterocycles. The fourth-order valence-corrected chi connectivity index (χ4v) is 3.66. The third-order valence-electron chi connectivity index (χ3n) is 5.21. The first-order valence-corrected chi connectivity index (χ1v) is 10.4. The molecule has 0 saturated heterocycles. The summed E-state index contributed by atoms with van der Waals surface area (Å²) in [6.07, 6.45) is 2.49. The number of aliphatic imine (C=N–C) groups is 1. The molecule has 4 rings (SSSR count). The number of rotatable bonds is 6. The summed E-state index contributed by atoms with van der Waals surface area (Å²) in [6.45, 7) is 4.55. The topological polar surface area (TPSA) is 63.8 Å². The number of para-hydroxylation sites is 1. The Hall–Kier alpha value is -3.86. The highest BCUT2D eigenvalue weighted by Gasteiger charge is 2.16. The van der Waals surface area contributed by atoms with Gasteiger partial charge >= 0.3 is 0 Å². The van der Waals surface area contributed by atoms with Gasteiger partial charge in [-0.05, 0) is 55.3 Å². The Kier molecular flexibility index (Phi) is 5.85. The van der Waals surface area contributed by atoms with E-state index in [2.05, 4.69) is 11.9 Å². The largest absolute Gasteiger partial charge is 0.494 e. The highest BCUT2D eigenvalue weighted by molar-refractivity contribution is 6.02. The number of aromatic hydroxyl groups is 1. The van der Waals surface area contributed by atoms with Crippen LogP contribution in [0.2, 0.25) is 0 Å². The molecule has 0 aliphatic rings. The van der Waals surface area contributed by atoms with Gasteiger partial charge < -0.3 is 9.84 Å². The molecule has 0 fully saturated rings. The van der Waals surface area contributed by atoms with Gasteiger partial charge in [0, 0.05) is 17.0 Å². The van der Waals surface area contributed by atoms with E-state index in [1.165, 1.54) is 4.57 Å². The Morgan fingerprint density at radius 2 is 1.61 bits per heavy atom. The number of nitrogens with zero attached hydrogens (tertiary/aromatic N) is 2. The molecule has 0 bridgehead atoms. The van der Waals surface area contributed by atoms with Gasteiger partial charge in [-0.3, -0.25) is 9.79 Å². The first-order chi connectivity index (χ1) is 15.1. The summed E-state index contributed by atoms with van der Waals surface area (Å²) in [5.41, 5.74) is 2.72. The van der Waals surface area contributed by atoms with Crippen LogP contribution in [0.1, 0.15) is 25.0 Å². The number of hydrogen-bond acceptors (Lipinski definition) is 4. The first-order valence-electron chi connectivity index (χ1n) is 10.4. The number of benzene rings is 3. The van der Waals surface area contributed by atoms with E-state index in [1.807, 2.05) is 49.4 Å². The van der Waals surface area contributed by atoms with Gasteiger partial charge in [-0.1, -0.05) is 43.3 Å². The van der Waals surface area contributed by atoms with Gasteiger partial charge in [0.25, 0.3) is 5.56 Å². The van der Waals surface area contributed by atoms with E-state index in [0.29, 0.717) is 34.4 Å². The van der Waals surface area contributed by atoms with Gasteiger partial charge in [-0.2, -0.15) is 0 Å². The number of hydrogen-bond donors (Lipinski definition) is 1. The van der Waals surface area contributed by atoms with E-state index in [0.717, 1.165) is 17.7 Å². The second-order valence-corrected chi connectivity index (χ2v) is 7.09. The van der Waals surface area contributed by atoms with Crippen LogP contribution in [0.25, 0.3) is 16.5 Å². The third-order valence-corrected chi connectivity index (χ3v) is 5.21. The molecule has 0 amide bonds. The monoisotopic (exact) mass is 412 g/mol. The maximum absolute atomic E-state index is 13.2. The molecule has 0 aliphatic carbocycles. The minimum Gasteiger partial charge on any atom is -0.494 e. The molecule has 5 heteroatoms. The van der Waals surface area contributed by atoms with Crippen LogP contribution < -0.4 is 10.3 Å². The molecule has 0 saturated carbocycles. The first kappa shape index (κ1) is 20.4. The van der Waals surface area contributed by atoms with Gasteiger partial charge in [0.2, 0.25) is 5.88 Å². The van der Waals surface area contributed by atoms with Crippen LogP contribution in [0.5, 0.6) is 11.6 Å². The van der Waals surface area contributed by atoms with Crippen molar-refractivity contribution in [1.29, 1.82) is 0 Å². The summed E-state index contributed by atoms with van der Waals surface area (Å²) < 4.78 is 6.80. The molecule has 4 aromatic rings. The molecule has 0 spiro atoms. The third kappa shape index (κ3) is 3.94. The molecular weight excluding hydrogens is 388 g/mol. The number of ether oxygens (including phenoxy) is 1. The zero-order chi connectivity index (χ0) is 21.8. The van der Waals surface area contributed by atoms with Gasteiger partial charge in [0.05, 0.1) is 23.5 Å². The smallest absolute Gasteiger partial charge is 0.265 e. The molecule has 1 heterocycles. The van der Waals surface area contributed by atoms with Crippen molar-refractivity contribution in [3.05, 3.63) is 94.3 Å². The molecule has 0 atom stereocenters. The van der Waals surface area contributed by atoms with Crippen LogP contribution in [0.15, 0.2) is 82.6 Å². The highest BCUT2D eigenvalue weighted by atomic mass is 16.5. The van der Waals surface area contributed by atoms with Crippen molar-refractivity contribution in [3.63, 3.8) is 0 Å². The molecule has 156 valence electrons. The maximum atomic E-state index is 13.2. The lowest BCUT2D eigenvalue weighted by molar-refractivity contribution is 0.340. The number of pyridine rings is 1. The van der Waals surface area contributed by atoms with Crippen molar-refractivity contribution in [2.45, 2.75) is 20.3 Å². The lowest BCUT2D eigenvalue weighted by Gasteiger charge is -2.14. The fraction of sp³-hybridized carbons (Fsp3) is 0.154. The average molecular weight is 412 g/mol. The summed E-state index contributed by atoms with van der Waals surface area (Å²) >= 11 is 0. The molecule has 1 N–H and O–H groups in total. The summed E-state index contributed by atoms with van der Waals surface area (Å²) in [5.74, 6) is 0.558. The fourth-order valence-electron chi connectivity index (χ4n) is 3.66. The van der Waals surface area contributed by atoms with Crippen LogP contribution >= 0.6 is 0 Å². The van der Waals surface area contributed by atoms with E-state index >= 15 is 0 Å². The molecule has 3 aromatic carbocycles. The van der Waals surface area contributed by atoms with E-state index in [1.54, 1.807) is 36.5 Å². The SMILES string of the molecule is CCOc1ccc(-n2c(O)c(C=Nc3ccccc3CC)c3ccccc3c2=O)cc1. The quantitative estimate of drug-likeness (QED) is 0.431. The van der Waals surface area contributed by atoms with E-state index in [4.69, 9.17) is 4.74 Å². The predicted octanol–water partition coefficient (Wildman–Crippen LogP) is 5.41. The van der Waals surface area contributed by atoms with E-state index in [-0.39, 0.29) is 11.4 Å². The molecule has 0 aliphatic heterocycles. The zero-order valence-corrected chi connectivity index (χ0v) is 17.6. The molecule has 0 unspecified atom stereocenters. The summed E-state index contributed by atoms with van der Waals surface area (Å²) in [6, 6.07) is 22.2. The predicted molar refractivity (Wildman–Crippen MR) is 125 cm³/mol. The second-order valence-electron chi connectivity index (χ2n) is 7.09. The minimum atomic E-state index is -0.289. The molecule has 31 heavy (non-hydrogen) atoms. The lowest BCUT2D eigenvalue weighted by Crippen LogP contribution is -2.20. The standard InChI is InChI=1S/C26H24N2O3/c1-3-18-9-5-8-12-24(18)27-17-23-21-10-6-7-11-22(21)25(29)28(26(23)30)19-13-15-20(16-14-19)31-4-2/h5-17,30H,3-4H2,1-2H3. The Bertz CT molecular complexity index is 1300. The van der Waals surface area contributed by atoms with Gasteiger partial charge in [0.15, 0.2) is 0 Å². The zero-order valence-electron chi connectivity index (χ0n) is 17.6. The average Bonchev–Trinajstić information content (AvgIpc) is 2.80. The van der Waals surface area contributed by atoms with Crippen molar-refractivity contribution in [1.82, 2.24) is 4.57 Å². The van der Waals surface area contributed by atoms with Crippen molar-refractivity contribution in [2.75, 3.05) is 6.61 Å². The van der Waals surface area contributed by atoms with Gasteiger partial charge in [-0.15, -0.1) is 0 Å². The normalized spacial score (nSPS) is 11.3.